The minimum absolute atomic E-state index is 0.127. The number of nitrogens with zero attached hydrogens (tertiary/aromatic N) is 3. The number of nitrogens with one attached hydrogen (secondary N) is 1. The summed E-state index contributed by atoms with van der Waals surface area (Å²) in [5.41, 5.74) is 3.12. The Hall–Kier alpha value is -2.89. The molecule has 0 aliphatic carbocycles. The molecule has 0 bridgehead atoms. The van der Waals surface area contributed by atoms with Crippen molar-refractivity contribution < 1.29 is 9.53 Å². The standard InChI is InChI=1S/C19H22N4O2/c1-12(2)23-11-14(10-21-23)9-20-19(24)17-7-13(3)22-18-8-15(25-4)5-6-16(17)18/h5-8,10-12H,9H2,1-4H3,(H,20,24). The van der Waals surface area contributed by atoms with Gasteiger partial charge in [-0.25, -0.2) is 0 Å². The normalized spacial score (nSPS) is 11.1. The fourth-order valence-electron chi connectivity index (χ4n) is 2.68. The molecule has 0 aliphatic heterocycles. The maximum Gasteiger partial charge on any atom is 0.252 e. The van der Waals surface area contributed by atoms with Crippen LogP contribution >= 0.6 is 0 Å². The van der Waals surface area contributed by atoms with Crippen LogP contribution in [0.2, 0.25) is 0 Å². The second-order valence-electron chi connectivity index (χ2n) is 6.30. The van der Waals surface area contributed by atoms with Gasteiger partial charge >= 0.3 is 0 Å². The van der Waals surface area contributed by atoms with E-state index in [0.717, 1.165) is 27.9 Å². The first kappa shape index (κ1) is 17.0. The van der Waals surface area contributed by atoms with Gasteiger partial charge in [-0.05, 0) is 39.0 Å². The van der Waals surface area contributed by atoms with E-state index in [0.29, 0.717) is 18.2 Å². The van der Waals surface area contributed by atoms with Gasteiger partial charge in [0.05, 0.1) is 24.4 Å². The highest BCUT2D eigenvalue weighted by Crippen LogP contribution is 2.23. The van der Waals surface area contributed by atoms with Crippen LogP contribution < -0.4 is 10.1 Å². The highest BCUT2D eigenvalue weighted by atomic mass is 16.5. The molecule has 0 aliphatic rings. The number of carbonyl (C=O) groups excluding carboxylic acids is 1. The summed E-state index contributed by atoms with van der Waals surface area (Å²) in [5, 5.41) is 8.06. The van der Waals surface area contributed by atoms with Crippen LogP contribution in [-0.4, -0.2) is 27.8 Å². The van der Waals surface area contributed by atoms with Gasteiger partial charge in [0.2, 0.25) is 0 Å². The van der Waals surface area contributed by atoms with E-state index in [-0.39, 0.29) is 5.91 Å². The minimum atomic E-state index is -0.127. The lowest BCUT2D eigenvalue weighted by Crippen LogP contribution is -2.23. The molecule has 0 saturated carbocycles. The summed E-state index contributed by atoms with van der Waals surface area (Å²) < 4.78 is 7.11. The molecule has 2 heterocycles. The number of aryl methyl sites for hydroxylation is 1. The molecule has 3 rings (SSSR count). The molecule has 25 heavy (non-hydrogen) atoms. The predicted molar refractivity (Wildman–Crippen MR) is 96.8 cm³/mol. The van der Waals surface area contributed by atoms with Crippen LogP contribution in [-0.2, 0) is 6.54 Å². The minimum Gasteiger partial charge on any atom is -0.497 e. The largest absolute Gasteiger partial charge is 0.497 e. The topological polar surface area (TPSA) is 69.0 Å². The third kappa shape index (κ3) is 3.63. The van der Waals surface area contributed by atoms with Crippen molar-refractivity contribution in [3.05, 3.63) is 53.5 Å². The van der Waals surface area contributed by atoms with Crippen molar-refractivity contribution >= 4 is 16.8 Å². The third-order valence-corrected chi connectivity index (χ3v) is 4.03. The van der Waals surface area contributed by atoms with E-state index in [4.69, 9.17) is 4.74 Å². The van der Waals surface area contributed by atoms with E-state index >= 15 is 0 Å². The first-order chi connectivity index (χ1) is 12.0. The molecule has 0 saturated heterocycles. The Labute approximate surface area is 146 Å². The van der Waals surface area contributed by atoms with E-state index in [9.17, 15) is 4.79 Å². The van der Waals surface area contributed by atoms with Crippen molar-refractivity contribution in [2.45, 2.75) is 33.4 Å². The predicted octanol–water partition coefficient (Wildman–Crippen LogP) is 3.26. The molecule has 1 aromatic carbocycles. The molecular formula is C19H22N4O2. The fraction of sp³-hybridized carbons (Fsp3) is 0.316. The lowest BCUT2D eigenvalue weighted by molar-refractivity contribution is 0.0952. The summed E-state index contributed by atoms with van der Waals surface area (Å²) in [6, 6.07) is 7.65. The van der Waals surface area contributed by atoms with Crippen LogP contribution in [0.1, 0.15) is 41.5 Å². The van der Waals surface area contributed by atoms with Gasteiger partial charge < -0.3 is 10.1 Å². The molecule has 0 radical (unpaired) electrons. The Morgan fingerprint density at radius 3 is 2.80 bits per heavy atom. The van der Waals surface area contributed by atoms with Crippen molar-refractivity contribution in [3.8, 4) is 5.75 Å². The molecule has 1 N–H and O–H groups in total. The van der Waals surface area contributed by atoms with E-state index in [1.165, 1.54) is 0 Å². The van der Waals surface area contributed by atoms with E-state index < -0.39 is 0 Å². The zero-order chi connectivity index (χ0) is 18.0. The Bertz CT molecular complexity index is 915. The van der Waals surface area contributed by atoms with E-state index in [1.807, 2.05) is 42.1 Å². The molecule has 2 aromatic heterocycles. The number of benzene rings is 1. The molecule has 0 unspecified atom stereocenters. The van der Waals surface area contributed by atoms with Crippen LogP contribution in [0.3, 0.4) is 0 Å². The highest BCUT2D eigenvalue weighted by molar-refractivity contribution is 6.06. The second-order valence-corrected chi connectivity index (χ2v) is 6.30. The van der Waals surface area contributed by atoms with Gasteiger partial charge in [0.1, 0.15) is 5.75 Å². The van der Waals surface area contributed by atoms with Crippen LogP contribution in [0.15, 0.2) is 36.7 Å². The summed E-state index contributed by atoms with van der Waals surface area (Å²) >= 11 is 0. The Morgan fingerprint density at radius 1 is 1.32 bits per heavy atom. The number of hydrogen-bond donors (Lipinski definition) is 1. The molecule has 1 amide bonds. The molecule has 3 aromatic rings. The Balaban J connectivity index is 1.83. The van der Waals surface area contributed by atoms with Gasteiger partial charge in [-0.2, -0.15) is 5.10 Å². The number of carbonyl (C=O) groups is 1. The van der Waals surface area contributed by atoms with E-state index in [1.54, 1.807) is 13.3 Å². The van der Waals surface area contributed by atoms with Crippen molar-refractivity contribution in [2.24, 2.45) is 0 Å². The number of pyridine rings is 1. The maximum absolute atomic E-state index is 12.7. The van der Waals surface area contributed by atoms with Gasteiger partial charge in [-0.15, -0.1) is 0 Å². The molecule has 130 valence electrons. The zero-order valence-electron chi connectivity index (χ0n) is 14.9. The number of methoxy groups -OCH3 is 1. The summed E-state index contributed by atoms with van der Waals surface area (Å²) in [6.07, 6.45) is 3.73. The third-order valence-electron chi connectivity index (χ3n) is 4.03. The van der Waals surface area contributed by atoms with Gasteiger partial charge in [0.25, 0.3) is 5.91 Å². The summed E-state index contributed by atoms with van der Waals surface area (Å²) in [5.74, 6) is 0.594. The fourth-order valence-corrected chi connectivity index (χ4v) is 2.68. The van der Waals surface area contributed by atoms with Gasteiger partial charge in [-0.3, -0.25) is 14.5 Å². The quantitative estimate of drug-likeness (QED) is 0.775. The molecule has 6 nitrogen and oxygen atoms in total. The van der Waals surface area contributed by atoms with Crippen molar-refractivity contribution in [2.75, 3.05) is 7.11 Å². The van der Waals surface area contributed by atoms with Crippen molar-refractivity contribution in [1.29, 1.82) is 0 Å². The number of fused-ring (bicyclic) bond motifs is 1. The average Bonchev–Trinajstić information content (AvgIpc) is 3.07. The monoisotopic (exact) mass is 338 g/mol. The average molecular weight is 338 g/mol. The lowest BCUT2D eigenvalue weighted by atomic mass is 10.1. The van der Waals surface area contributed by atoms with Crippen LogP contribution in [0.4, 0.5) is 0 Å². The number of ether oxygens (including phenoxy) is 1. The second kappa shape index (κ2) is 6.93. The Morgan fingerprint density at radius 2 is 2.12 bits per heavy atom. The molecule has 6 heteroatoms. The van der Waals surface area contributed by atoms with Crippen LogP contribution in [0.25, 0.3) is 10.9 Å². The van der Waals surface area contributed by atoms with Crippen LogP contribution in [0.5, 0.6) is 5.75 Å². The van der Waals surface area contributed by atoms with Crippen molar-refractivity contribution in [3.63, 3.8) is 0 Å². The molecule has 0 spiro atoms. The highest BCUT2D eigenvalue weighted by Gasteiger charge is 2.13. The first-order valence-corrected chi connectivity index (χ1v) is 8.24. The maximum atomic E-state index is 12.7. The Kier molecular flexibility index (Phi) is 4.70. The van der Waals surface area contributed by atoms with Gasteiger partial charge in [0, 0.05) is 41.5 Å². The molecule has 0 atom stereocenters. The smallest absolute Gasteiger partial charge is 0.252 e. The van der Waals surface area contributed by atoms with E-state index in [2.05, 4.69) is 29.2 Å². The SMILES string of the molecule is COc1ccc2c(C(=O)NCc3cnn(C(C)C)c3)cc(C)nc2c1. The summed E-state index contributed by atoms with van der Waals surface area (Å²) in [7, 11) is 1.61. The van der Waals surface area contributed by atoms with Crippen molar-refractivity contribution in [1.82, 2.24) is 20.1 Å². The molecule has 0 fully saturated rings. The van der Waals surface area contributed by atoms with Gasteiger partial charge in [0.15, 0.2) is 0 Å². The zero-order valence-corrected chi connectivity index (χ0v) is 14.9. The number of aromatic nitrogens is 3. The molecular weight excluding hydrogens is 316 g/mol. The summed E-state index contributed by atoms with van der Waals surface area (Å²) in [6.45, 7) is 6.44. The first-order valence-electron chi connectivity index (χ1n) is 8.24. The number of rotatable bonds is 5. The number of hydrogen-bond acceptors (Lipinski definition) is 4. The van der Waals surface area contributed by atoms with Crippen LogP contribution in [0, 0.1) is 6.92 Å². The lowest BCUT2D eigenvalue weighted by Gasteiger charge is -2.10. The number of amides is 1. The van der Waals surface area contributed by atoms with Gasteiger partial charge in [-0.1, -0.05) is 0 Å². The summed E-state index contributed by atoms with van der Waals surface area (Å²) in [4.78, 5) is 17.2.